The third-order valence-corrected chi connectivity index (χ3v) is 1.86. The average molecular weight is 302 g/mol. The molecule has 0 bridgehead atoms. The summed E-state index contributed by atoms with van der Waals surface area (Å²) in [7, 11) is 1.00. The second-order valence-corrected chi connectivity index (χ2v) is 4.08. The molecule has 6 heteroatoms. The summed E-state index contributed by atoms with van der Waals surface area (Å²) in [6.07, 6.45) is -0.775. The molecule has 6 nitrogen and oxygen atoms in total. The molecule has 0 saturated heterocycles. The van der Waals surface area contributed by atoms with Gasteiger partial charge in [0.1, 0.15) is 18.5 Å². The zero-order chi connectivity index (χ0) is 16.7. The van der Waals surface area contributed by atoms with Crippen molar-refractivity contribution in [2.45, 2.75) is 33.0 Å². The van der Waals surface area contributed by atoms with E-state index in [1.807, 2.05) is 30.3 Å². The SMILES string of the molecule is CC(=O)OC(C)COc1ccccc1.CC(O)CO.CO. The van der Waals surface area contributed by atoms with Gasteiger partial charge in [-0.3, -0.25) is 4.79 Å². The Hall–Kier alpha value is -1.63. The van der Waals surface area contributed by atoms with E-state index < -0.39 is 6.10 Å². The molecule has 0 heterocycles. The predicted molar refractivity (Wildman–Crippen MR) is 80.1 cm³/mol. The maximum atomic E-state index is 10.6. The van der Waals surface area contributed by atoms with Crippen LogP contribution in [0.4, 0.5) is 0 Å². The largest absolute Gasteiger partial charge is 0.490 e. The van der Waals surface area contributed by atoms with Crippen LogP contribution in [0, 0.1) is 0 Å². The van der Waals surface area contributed by atoms with Crippen molar-refractivity contribution in [3.63, 3.8) is 0 Å². The minimum absolute atomic E-state index is 0.139. The molecule has 3 N–H and O–H groups in total. The van der Waals surface area contributed by atoms with Crippen LogP contribution < -0.4 is 4.74 Å². The van der Waals surface area contributed by atoms with Gasteiger partial charge in [0.25, 0.3) is 0 Å². The van der Waals surface area contributed by atoms with E-state index in [9.17, 15) is 4.79 Å². The number of carbonyl (C=O) groups is 1. The molecule has 1 aromatic rings. The Morgan fingerprint density at radius 2 is 1.67 bits per heavy atom. The first-order valence-corrected chi connectivity index (χ1v) is 6.54. The molecular formula is C15H26O6. The summed E-state index contributed by atoms with van der Waals surface area (Å²) < 4.78 is 10.3. The lowest BCUT2D eigenvalue weighted by atomic mass is 10.3. The summed E-state index contributed by atoms with van der Waals surface area (Å²) in [4.78, 5) is 10.6. The first-order chi connectivity index (χ1) is 9.95. The highest BCUT2D eigenvalue weighted by Gasteiger charge is 2.05. The Labute approximate surface area is 125 Å². The van der Waals surface area contributed by atoms with Gasteiger partial charge < -0.3 is 24.8 Å². The van der Waals surface area contributed by atoms with Gasteiger partial charge in [-0.25, -0.2) is 0 Å². The van der Waals surface area contributed by atoms with Crippen molar-refractivity contribution in [3.05, 3.63) is 30.3 Å². The molecule has 0 aliphatic carbocycles. The van der Waals surface area contributed by atoms with E-state index in [2.05, 4.69) is 0 Å². The molecule has 0 aliphatic rings. The first-order valence-electron chi connectivity index (χ1n) is 6.54. The van der Waals surface area contributed by atoms with Gasteiger partial charge in [0.05, 0.1) is 12.7 Å². The Bertz CT molecular complexity index is 339. The quantitative estimate of drug-likeness (QED) is 0.702. The van der Waals surface area contributed by atoms with Crippen LogP contribution in [0.1, 0.15) is 20.8 Å². The van der Waals surface area contributed by atoms with Crippen molar-refractivity contribution in [3.8, 4) is 5.75 Å². The highest BCUT2D eigenvalue weighted by atomic mass is 16.6. The first kappa shape index (κ1) is 21.7. The molecule has 0 amide bonds. The molecule has 1 rings (SSSR count). The number of hydrogen-bond donors (Lipinski definition) is 3. The van der Waals surface area contributed by atoms with E-state index in [0.29, 0.717) is 6.61 Å². The minimum atomic E-state index is -0.560. The summed E-state index contributed by atoms with van der Waals surface area (Å²) in [5.74, 6) is 0.501. The molecule has 1 aromatic carbocycles. The molecule has 0 spiro atoms. The highest BCUT2D eigenvalue weighted by Crippen LogP contribution is 2.08. The van der Waals surface area contributed by atoms with E-state index >= 15 is 0 Å². The minimum Gasteiger partial charge on any atom is -0.490 e. The zero-order valence-electron chi connectivity index (χ0n) is 13.0. The van der Waals surface area contributed by atoms with E-state index in [1.54, 1.807) is 6.92 Å². The van der Waals surface area contributed by atoms with Gasteiger partial charge in [-0.05, 0) is 26.0 Å². The summed E-state index contributed by atoms with van der Waals surface area (Å²) in [6.45, 7) is 4.95. The molecule has 2 atom stereocenters. The number of esters is 1. The van der Waals surface area contributed by atoms with Gasteiger partial charge in [-0.1, -0.05) is 18.2 Å². The number of benzene rings is 1. The fourth-order valence-electron chi connectivity index (χ4n) is 1.05. The molecule has 0 radical (unpaired) electrons. The molecule has 0 aliphatic heterocycles. The van der Waals surface area contributed by atoms with Crippen LogP contribution in [-0.2, 0) is 9.53 Å². The number of aliphatic hydroxyl groups excluding tert-OH is 3. The highest BCUT2D eigenvalue weighted by molar-refractivity contribution is 5.66. The summed E-state index contributed by atoms with van der Waals surface area (Å²) in [6, 6.07) is 9.43. The van der Waals surface area contributed by atoms with E-state index in [1.165, 1.54) is 13.8 Å². The van der Waals surface area contributed by atoms with Crippen LogP contribution in [0.3, 0.4) is 0 Å². The second-order valence-electron chi connectivity index (χ2n) is 4.08. The molecule has 0 saturated carbocycles. The van der Waals surface area contributed by atoms with E-state index in [0.717, 1.165) is 12.9 Å². The molecular weight excluding hydrogens is 276 g/mol. The normalized spacial score (nSPS) is 11.8. The zero-order valence-corrected chi connectivity index (χ0v) is 13.0. The fraction of sp³-hybridized carbons (Fsp3) is 0.533. The number of ether oxygens (including phenoxy) is 2. The van der Waals surface area contributed by atoms with Gasteiger partial charge in [-0.2, -0.15) is 0 Å². The lowest BCUT2D eigenvalue weighted by molar-refractivity contribution is -0.146. The summed E-state index contributed by atoms with van der Waals surface area (Å²) in [5.41, 5.74) is 0. The van der Waals surface area contributed by atoms with Crippen LogP contribution in [0.15, 0.2) is 30.3 Å². The Morgan fingerprint density at radius 1 is 1.19 bits per heavy atom. The number of aliphatic hydroxyl groups is 3. The van der Waals surface area contributed by atoms with Crippen molar-refractivity contribution < 1.29 is 29.6 Å². The van der Waals surface area contributed by atoms with E-state index in [-0.39, 0.29) is 18.7 Å². The van der Waals surface area contributed by atoms with Crippen molar-refractivity contribution >= 4 is 5.97 Å². The predicted octanol–water partition coefficient (Wildman–Crippen LogP) is 0.985. The maximum Gasteiger partial charge on any atom is 0.303 e. The number of carbonyl (C=O) groups excluding carboxylic acids is 1. The van der Waals surface area contributed by atoms with Gasteiger partial charge in [0.15, 0.2) is 0 Å². The van der Waals surface area contributed by atoms with Crippen molar-refractivity contribution in [1.82, 2.24) is 0 Å². The summed E-state index contributed by atoms with van der Waals surface area (Å²) in [5, 5.41) is 23.0. The van der Waals surface area contributed by atoms with Gasteiger partial charge in [0.2, 0.25) is 0 Å². The lowest BCUT2D eigenvalue weighted by Crippen LogP contribution is -2.20. The third-order valence-electron chi connectivity index (χ3n) is 1.86. The van der Waals surface area contributed by atoms with Crippen molar-refractivity contribution in [2.75, 3.05) is 20.3 Å². The molecule has 2 unspecified atom stereocenters. The molecule has 122 valence electrons. The smallest absolute Gasteiger partial charge is 0.303 e. The van der Waals surface area contributed by atoms with Crippen LogP contribution in [0.25, 0.3) is 0 Å². The number of hydrogen-bond acceptors (Lipinski definition) is 6. The topological polar surface area (TPSA) is 96.2 Å². The molecule has 21 heavy (non-hydrogen) atoms. The van der Waals surface area contributed by atoms with Crippen molar-refractivity contribution in [1.29, 1.82) is 0 Å². The Balaban J connectivity index is 0. The number of rotatable bonds is 5. The van der Waals surface area contributed by atoms with Gasteiger partial charge >= 0.3 is 5.97 Å². The van der Waals surface area contributed by atoms with Crippen LogP contribution in [-0.4, -0.2) is 53.8 Å². The third kappa shape index (κ3) is 16.3. The standard InChI is InChI=1S/C11H14O3.C3H8O2.CH4O/c1-9(14-10(2)12)8-13-11-6-4-3-5-7-11;1-3(5)2-4;1-2/h3-7,9H,8H2,1-2H3;3-5H,2H2,1H3;2H,1H3. The molecule has 0 fully saturated rings. The number of para-hydroxylation sites is 1. The Morgan fingerprint density at radius 3 is 2.05 bits per heavy atom. The lowest BCUT2D eigenvalue weighted by Gasteiger charge is -2.12. The second kappa shape index (κ2) is 14.8. The van der Waals surface area contributed by atoms with Crippen LogP contribution in [0.5, 0.6) is 5.75 Å². The maximum absolute atomic E-state index is 10.6. The molecule has 0 aromatic heterocycles. The van der Waals surface area contributed by atoms with Gasteiger partial charge in [-0.15, -0.1) is 0 Å². The Kier molecular flexibility index (Phi) is 15.2. The summed E-state index contributed by atoms with van der Waals surface area (Å²) >= 11 is 0. The van der Waals surface area contributed by atoms with Crippen LogP contribution >= 0.6 is 0 Å². The monoisotopic (exact) mass is 302 g/mol. The van der Waals surface area contributed by atoms with E-state index in [4.69, 9.17) is 24.8 Å². The van der Waals surface area contributed by atoms with Gasteiger partial charge in [0, 0.05) is 14.0 Å². The average Bonchev–Trinajstić information content (AvgIpc) is 2.48. The van der Waals surface area contributed by atoms with Crippen molar-refractivity contribution in [2.24, 2.45) is 0 Å². The fourth-order valence-corrected chi connectivity index (χ4v) is 1.05. The van der Waals surface area contributed by atoms with Crippen LogP contribution in [0.2, 0.25) is 0 Å².